The molecule has 2 aromatic heterocycles. The van der Waals surface area contributed by atoms with Crippen LogP contribution in [0.1, 0.15) is 12.5 Å². The first kappa shape index (κ1) is 16.3. The Bertz CT molecular complexity index is 891. The highest BCUT2D eigenvalue weighted by Crippen LogP contribution is 2.24. The van der Waals surface area contributed by atoms with Crippen molar-refractivity contribution in [3.8, 4) is 5.88 Å². The third-order valence-electron chi connectivity index (χ3n) is 3.21. The molecule has 0 aliphatic rings. The number of nitrogens with one attached hydrogen (secondary N) is 1. The highest BCUT2D eigenvalue weighted by atomic mass is 35.5. The lowest BCUT2D eigenvalue weighted by molar-refractivity contribution is 0.330. The average molecular weight is 351 g/mol. The quantitative estimate of drug-likeness (QED) is 0.706. The number of nitrogens with zero attached hydrogens (tertiary/aromatic N) is 3. The van der Waals surface area contributed by atoms with Crippen molar-refractivity contribution >= 4 is 28.6 Å². The highest BCUT2D eigenvalue weighted by Gasteiger charge is 2.11. The van der Waals surface area contributed by atoms with Gasteiger partial charge in [-0.2, -0.15) is 4.98 Å². The van der Waals surface area contributed by atoms with Crippen LogP contribution in [0.3, 0.4) is 0 Å². The molecule has 2 heterocycles. The van der Waals surface area contributed by atoms with Gasteiger partial charge < -0.3 is 10.1 Å². The fourth-order valence-corrected chi connectivity index (χ4v) is 2.27. The fourth-order valence-electron chi connectivity index (χ4n) is 2.12. The third-order valence-corrected chi connectivity index (χ3v) is 3.42. The lowest BCUT2D eigenvalue weighted by Crippen LogP contribution is -2.07. The first-order valence-corrected chi connectivity index (χ1v) is 7.59. The number of ether oxygens (including phenoxy) is 1. The zero-order valence-corrected chi connectivity index (χ0v) is 13.4. The Morgan fingerprint density at radius 1 is 1.12 bits per heavy atom. The van der Waals surface area contributed by atoms with Gasteiger partial charge in [-0.05, 0) is 25.1 Å². The molecule has 0 fully saturated rings. The van der Waals surface area contributed by atoms with Crippen molar-refractivity contribution in [1.82, 2.24) is 15.0 Å². The summed E-state index contributed by atoms with van der Waals surface area (Å²) in [6.45, 7) is 2.32. The van der Waals surface area contributed by atoms with Gasteiger partial charge in [-0.25, -0.2) is 18.7 Å². The minimum atomic E-state index is -0.637. The molecule has 0 saturated carbocycles. The summed E-state index contributed by atoms with van der Waals surface area (Å²) in [6, 6.07) is 6.69. The van der Waals surface area contributed by atoms with E-state index in [4.69, 9.17) is 16.3 Å². The summed E-state index contributed by atoms with van der Waals surface area (Å²) in [4.78, 5) is 12.7. The van der Waals surface area contributed by atoms with E-state index in [9.17, 15) is 8.78 Å². The number of aromatic nitrogens is 3. The summed E-state index contributed by atoms with van der Waals surface area (Å²) in [5.41, 5.74) is 1.29. The molecule has 0 aliphatic carbocycles. The van der Waals surface area contributed by atoms with Gasteiger partial charge >= 0.3 is 0 Å². The van der Waals surface area contributed by atoms with Crippen LogP contribution < -0.4 is 10.1 Å². The molecule has 0 spiro atoms. The van der Waals surface area contributed by atoms with Gasteiger partial charge in [0, 0.05) is 18.2 Å². The Morgan fingerprint density at radius 2 is 1.96 bits per heavy atom. The van der Waals surface area contributed by atoms with Gasteiger partial charge in [0.25, 0.3) is 0 Å². The Labute approximate surface area is 141 Å². The minimum Gasteiger partial charge on any atom is -0.476 e. The van der Waals surface area contributed by atoms with Gasteiger partial charge in [-0.1, -0.05) is 17.7 Å². The number of benzene rings is 1. The number of rotatable bonds is 5. The summed E-state index contributed by atoms with van der Waals surface area (Å²) in [6.07, 6.45) is 0. The molecular formula is C16H13ClF2N4O. The van der Waals surface area contributed by atoms with Gasteiger partial charge in [-0.15, -0.1) is 0 Å². The van der Waals surface area contributed by atoms with Crippen LogP contribution in [0.15, 0.2) is 30.3 Å². The Balaban J connectivity index is 1.90. The molecule has 24 heavy (non-hydrogen) atoms. The summed E-state index contributed by atoms with van der Waals surface area (Å²) >= 11 is 5.89. The summed E-state index contributed by atoms with van der Waals surface area (Å²) < 4.78 is 32.1. The Morgan fingerprint density at radius 3 is 2.71 bits per heavy atom. The molecule has 0 saturated heterocycles. The molecule has 0 radical (unpaired) electrons. The van der Waals surface area contributed by atoms with Crippen LogP contribution in [-0.4, -0.2) is 21.6 Å². The van der Waals surface area contributed by atoms with Crippen molar-refractivity contribution < 1.29 is 13.5 Å². The van der Waals surface area contributed by atoms with E-state index in [-0.39, 0.29) is 18.4 Å². The van der Waals surface area contributed by atoms with Crippen molar-refractivity contribution in [3.05, 3.63) is 52.7 Å². The molecule has 1 N–H and O–H groups in total. The van der Waals surface area contributed by atoms with Crippen molar-refractivity contribution in [2.24, 2.45) is 0 Å². The molecule has 0 bridgehead atoms. The molecule has 3 rings (SSSR count). The van der Waals surface area contributed by atoms with Crippen molar-refractivity contribution in [2.75, 3.05) is 11.9 Å². The van der Waals surface area contributed by atoms with Crippen molar-refractivity contribution in [3.63, 3.8) is 0 Å². The molecule has 5 nitrogen and oxygen atoms in total. The van der Waals surface area contributed by atoms with E-state index in [1.807, 2.05) is 6.92 Å². The number of fused-ring (bicyclic) bond motifs is 1. The maximum atomic E-state index is 13.7. The van der Waals surface area contributed by atoms with E-state index in [1.165, 1.54) is 12.1 Å². The lowest BCUT2D eigenvalue weighted by Gasteiger charge is -2.10. The summed E-state index contributed by atoms with van der Waals surface area (Å²) in [7, 11) is 0. The largest absolute Gasteiger partial charge is 0.476 e. The van der Waals surface area contributed by atoms with E-state index in [2.05, 4.69) is 20.3 Å². The maximum absolute atomic E-state index is 13.7. The highest BCUT2D eigenvalue weighted by molar-refractivity contribution is 6.29. The van der Waals surface area contributed by atoms with Crippen molar-refractivity contribution in [2.45, 2.75) is 13.5 Å². The van der Waals surface area contributed by atoms with Crippen LogP contribution in [0.5, 0.6) is 5.88 Å². The zero-order chi connectivity index (χ0) is 17.1. The average Bonchev–Trinajstić information content (AvgIpc) is 2.55. The van der Waals surface area contributed by atoms with Crippen LogP contribution >= 0.6 is 11.6 Å². The van der Waals surface area contributed by atoms with Crippen LogP contribution in [0.4, 0.5) is 14.7 Å². The van der Waals surface area contributed by atoms with Gasteiger partial charge in [0.1, 0.15) is 16.8 Å². The summed E-state index contributed by atoms with van der Waals surface area (Å²) in [5.74, 6) is -0.729. The van der Waals surface area contributed by atoms with E-state index >= 15 is 0 Å². The number of hydrogen-bond donors (Lipinski definition) is 1. The molecule has 0 amide bonds. The van der Waals surface area contributed by atoms with E-state index in [0.29, 0.717) is 28.4 Å². The number of anilines is 1. The van der Waals surface area contributed by atoms with E-state index < -0.39 is 11.6 Å². The Kier molecular flexibility index (Phi) is 4.71. The maximum Gasteiger partial charge on any atom is 0.245 e. The summed E-state index contributed by atoms with van der Waals surface area (Å²) in [5, 5.41) is 3.21. The van der Waals surface area contributed by atoms with Crippen LogP contribution in [0.2, 0.25) is 5.15 Å². The number of pyridine rings is 1. The van der Waals surface area contributed by atoms with E-state index in [1.54, 1.807) is 12.1 Å². The second kappa shape index (κ2) is 6.92. The topological polar surface area (TPSA) is 59.9 Å². The minimum absolute atomic E-state index is 0.101. The normalized spacial score (nSPS) is 10.8. The standard InChI is InChI=1S/C16H13ClF2N4O/c1-2-24-15-14-12(5-6-13(17)22-14)21-16(23-15)20-8-9-3-4-10(18)7-11(9)19/h3-7H,2,8H2,1H3,(H,20,21,23). The predicted molar refractivity (Wildman–Crippen MR) is 87.2 cm³/mol. The molecule has 1 aromatic carbocycles. The smallest absolute Gasteiger partial charge is 0.245 e. The van der Waals surface area contributed by atoms with Gasteiger partial charge in [0.15, 0.2) is 5.52 Å². The van der Waals surface area contributed by atoms with Crippen LogP contribution in [0, 0.1) is 11.6 Å². The molecule has 0 unspecified atom stereocenters. The third kappa shape index (κ3) is 3.51. The predicted octanol–water partition coefficient (Wildman–Crippen LogP) is 3.97. The number of hydrogen-bond acceptors (Lipinski definition) is 5. The molecular weight excluding hydrogens is 338 g/mol. The van der Waals surface area contributed by atoms with Gasteiger partial charge in [-0.3, -0.25) is 0 Å². The first-order chi connectivity index (χ1) is 11.6. The van der Waals surface area contributed by atoms with Crippen LogP contribution in [0.25, 0.3) is 11.0 Å². The Hall–Kier alpha value is -2.54. The molecule has 0 aliphatic heterocycles. The first-order valence-electron chi connectivity index (χ1n) is 7.21. The molecule has 3 aromatic rings. The molecule has 0 atom stereocenters. The number of halogens is 3. The monoisotopic (exact) mass is 350 g/mol. The van der Waals surface area contributed by atoms with Crippen molar-refractivity contribution in [1.29, 1.82) is 0 Å². The molecule has 124 valence electrons. The zero-order valence-electron chi connectivity index (χ0n) is 12.7. The molecule has 8 heteroatoms. The SMILES string of the molecule is CCOc1nc(NCc2ccc(F)cc2F)nc2ccc(Cl)nc12. The second-order valence-corrected chi connectivity index (χ2v) is 5.26. The fraction of sp³-hybridized carbons (Fsp3) is 0.188. The van der Waals surface area contributed by atoms with Gasteiger partial charge in [0.2, 0.25) is 11.8 Å². The van der Waals surface area contributed by atoms with E-state index in [0.717, 1.165) is 6.07 Å². The lowest BCUT2D eigenvalue weighted by atomic mass is 10.2. The second-order valence-electron chi connectivity index (χ2n) is 4.88. The van der Waals surface area contributed by atoms with Gasteiger partial charge in [0.05, 0.1) is 12.1 Å². The van der Waals surface area contributed by atoms with Crippen LogP contribution in [-0.2, 0) is 6.54 Å².